The van der Waals surface area contributed by atoms with Crippen molar-refractivity contribution in [2.75, 3.05) is 18.5 Å². The summed E-state index contributed by atoms with van der Waals surface area (Å²) < 4.78 is 0. The van der Waals surface area contributed by atoms with Crippen LogP contribution in [0.15, 0.2) is 18.3 Å². The van der Waals surface area contributed by atoms with Crippen molar-refractivity contribution in [2.24, 2.45) is 0 Å². The number of rotatable bonds is 4. The Balaban J connectivity index is 2.56. The normalized spacial score (nSPS) is 9.86. The predicted octanol–water partition coefficient (Wildman–Crippen LogP) is 1.30. The molecule has 0 spiro atoms. The minimum atomic E-state index is -0.788. The number of carboxylic acids is 1. The predicted molar refractivity (Wildman–Crippen MR) is 54.5 cm³/mol. The molecule has 4 heteroatoms. The van der Waals surface area contributed by atoms with Crippen LogP contribution < -0.4 is 4.90 Å². The molecule has 76 valence electrons. The third-order valence-electron chi connectivity index (χ3n) is 1.95. The minimum absolute atomic E-state index is 0.131. The third kappa shape index (κ3) is 3.05. The summed E-state index contributed by atoms with van der Waals surface area (Å²) in [5, 5.41) is 8.51. The molecule has 0 bridgehead atoms. The smallest absolute Gasteiger partial charge is 0.305 e. The molecular weight excluding hydrogens is 180 g/mol. The molecule has 0 aliphatic carbocycles. The fraction of sp³-hybridized carbons (Fsp3) is 0.400. The number of carboxylic acid groups (broad SMARTS) is 1. The van der Waals surface area contributed by atoms with Crippen LogP contribution in [0.5, 0.6) is 0 Å². The van der Waals surface area contributed by atoms with Gasteiger partial charge in [0, 0.05) is 19.8 Å². The van der Waals surface area contributed by atoms with E-state index >= 15 is 0 Å². The van der Waals surface area contributed by atoms with E-state index in [9.17, 15) is 4.79 Å². The lowest BCUT2D eigenvalue weighted by atomic mass is 10.3. The Hall–Kier alpha value is -1.58. The average molecular weight is 194 g/mol. The van der Waals surface area contributed by atoms with E-state index in [4.69, 9.17) is 5.11 Å². The fourth-order valence-corrected chi connectivity index (χ4v) is 1.06. The summed E-state index contributed by atoms with van der Waals surface area (Å²) in [6.45, 7) is 2.44. The van der Waals surface area contributed by atoms with Gasteiger partial charge in [-0.25, -0.2) is 4.98 Å². The number of pyridine rings is 1. The molecule has 1 aromatic rings. The molecule has 4 nitrogen and oxygen atoms in total. The molecular formula is C10H14N2O2. The van der Waals surface area contributed by atoms with E-state index in [0.29, 0.717) is 6.54 Å². The number of hydrogen-bond donors (Lipinski definition) is 1. The Morgan fingerprint density at radius 1 is 1.57 bits per heavy atom. The van der Waals surface area contributed by atoms with Crippen molar-refractivity contribution >= 4 is 11.8 Å². The van der Waals surface area contributed by atoms with Crippen LogP contribution in [0, 0.1) is 6.92 Å². The molecule has 0 radical (unpaired) electrons. The lowest BCUT2D eigenvalue weighted by molar-refractivity contribution is -0.136. The Morgan fingerprint density at radius 2 is 2.29 bits per heavy atom. The lowest BCUT2D eigenvalue weighted by Gasteiger charge is -2.16. The van der Waals surface area contributed by atoms with Crippen LogP contribution >= 0.6 is 0 Å². The average Bonchev–Trinajstić information content (AvgIpc) is 2.15. The van der Waals surface area contributed by atoms with E-state index in [-0.39, 0.29) is 6.42 Å². The summed E-state index contributed by atoms with van der Waals surface area (Å²) in [6, 6.07) is 3.84. The van der Waals surface area contributed by atoms with Crippen molar-refractivity contribution in [1.82, 2.24) is 4.98 Å². The molecule has 1 heterocycles. The van der Waals surface area contributed by atoms with Gasteiger partial charge in [-0.2, -0.15) is 0 Å². The zero-order valence-electron chi connectivity index (χ0n) is 8.40. The summed E-state index contributed by atoms with van der Waals surface area (Å²) in [4.78, 5) is 16.4. The third-order valence-corrected chi connectivity index (χ3v) is 1.95. The first kappa shape index (κ1) is 10.5. The molecule has 1 N–H and O–H groups in total. The number of anilines is 1. The van der Waals surface area contributed by atoms with Crippen LogP contribution in [-0.2, 0) is 4.79 Å². The molecule has 0 fully saturated rings. The van der Waals surface area contributed by atoms with Crippen LogP contribution in [-0.4, -0.2) is 29.7 Å². The van der Waals surface area contributed by atoms with Gasteiger partial charge in [-0.15, -0.1) is 0 Å². The first-order chi connectivity index (χ1) is 6.59. The molecule has 0 unspecified atom stereocenters. The fourth-order valence-electron chi connectivity index (χ4n) is 1.06. The Morgan fingerprint density at radius 3 is 2.79 bits per heavy atom. The Bertz CT molecular complexity index is 308. The highest BCUT2D eigenvalue weighted by Crippen LogP contribution is 2.08. The van der Waals surface area contributed by atoms with E-state index in [1.807, 2.05) is 31.0 Å². The van der Waals surface area contributed by atoms with Gasteiger partial charge in [-0.05, 0) is 18.6 Å². The van der Waals surface area contributed by atoms with Crippen LogP contribution in [0.1, 0.15) is 12.0 Å². The van der Waals surface area contributed by atoms with E-state index in [1.165, 1.54) is 0 Å². The number of carbonyl (C=O) groups is 1. The van der Waals surface area contributed by atoms with E-state index < -0.39 is 5.97 Å². The maximum atomic E-state index is 10.3. The number of aliphatic carboxylic acids is 1. The Labute approximate surface area is 83.2 Å². The van der Waals surface area contributed by atoms with Crippen molar-refractivity contribution in [1.29, 1.82) is 0 Å². The summed E-state index contributed by atoms with van der Waals surface area (Å²) in [5.74, 6) is 0.0146. The largest absolute Gasteiger partial charge is 0.481 e. The van der Waals surface area contributed by atoms with Gasteiger partial charge in [0.15, 0.2) is 0 Å². The molecule has 0 atom stereocenters. The molecule has 14 heavy (non-hydrogen) atoms. The van der Waals surface area contributed by atoms with E-state index in [0.717, 1.165) is 11.4 Å². The molecule has 0 saturated heterocycles. The first-order valence-electron chi connectivity index (χ1n) is 4.45. The van der Waals surface area contributed by atoms with E-state index in [1.54, 1.807) is 6.20 Å². The molecule has 0 aliphatic rings. The highest BCUT2D eigenvalue weighted by Gasteiger charge is 2.04. The molecule has 1 aromatic heterocycles. The number of hydrogen-bond acceptors (Lipinski definition) is 3. The second kappa shape index (κ2) is 4.60. The molecule has 0 aliphatic heterocycles. The second-order valence-corrected chi connectivity index (χ2v) is 3.26. The topological polar surface area (TPSA) is 53.4 Å². The van der Waals surface area contributed by atoms with Gasteiger partial charge in [0.1, 0.15) is 5.82 Å². The van der Waals surface area contributed by atoms with E-state index in [2.05, 4.69) is 4.98 Å². The first-order valence-corrected chi connectivity index (χ1v) is 4.45. The maximum Gasteiger partial charge on any atom is 0.305 e. The summed E-state index contributed by atoms with van der Waals surface area (Å²) >= 11 is 0. The molecule has 0 amide bonds. The number of nitrogens with zero attached hydrogens (tertiary/aromatic N) is 2. The zero-order valence-corrected chi connectivity index (χ0v) is 8.40. The second-order valence-electron chi connectivity index (χ2n) is 3.26. The maximum absolute atomic E-state index is 10.3. The van der Waals surface area contributed by atoms with Gasteiger partial charge in [-0.1, -0.05) is 6.07 Å². The van der Waals surface area contributed by atoms with Gasteiger partial charge >= 0.3 is 5.97 Å². The van der Waals surface area contributed by atoms with Crippen LogP contribution in [0.25, 0.3) is 0 Å². The summed E-state index contributed by atoms with van der Waals surface area (Å²) in [5.41, 5.74) is 1.10. The lowest BCUT2D eigenvalue weighted by Crippen LogP contribution is -2.21. The van der Waals surface area contributed by atoms with Crippen LogP contribution in [0.3, 0.4) is 0 Å². The number of aryl methyl sites for hydroxylation is 1. The van der Waals surface area contributed by atoms with Gasteiger partial charge < -0.3 is 10.0 Å². The number of aromatic nitrogens is 1. The molecule has 1 rings (SSSR count). The standard InChI is InChI=1S/C10H14N2O2/c1-8-3-4-9(11-7-8)12(2)6-5-10(13)14/h3-4,7H,5-6H2,1-2H3,(H,13,14). The van der Waals surface area contributed by atoms with Gasteiger partial charge in [0.25, 0.3) is 0 Å². The Kier molecular flexibility index (Phi) is 3.45. The highest BCUT2D eigenvalue weighted by atomic mass is 16.4. The molecule has 0 aromatic carbocycles. The summed E-state index contributed by atoms with van der Waals surface area (Å²) in [7, 11) is 1.83. The van der Waals surface area contributed by atoms with Crippen molar-refractivity contribution in [3.8, 4) is 0 Å². The van der Waals surface area contributed by atoms with Crippen LogP contribution in [0.2, 0.25) is 0 Å². The van der Waals surface area contributed by atoms with Crippen LogP contribution in [0.4, 0.5) is 5.82 Å². The van der Waals surface area contributed by atoms with Crippen molar-refractivity contribution in [3.05, 3.63) is 23.9 Å². The monoisotopic (exact) mass is 194 g/mol. The highest BCUT2D eigenvalue weighted by molar-refractivity contribution is 5.67. The van der Waals surface area contributed by atoms with Gasteiger partial charge in [0.05, 0.1) is 6.42 Å². The quantitative estimate of drug-likeness (QED) is 0.785. The summed E-state index contributed by atoms with van der Waals surface area (Å²) in [6.07, 6.45) is 1.90. The van der Waals surface area contributed by atoms with Crippen molar-refractivity contribution < 1.29 is 9.90 Å². The van der Waals surface area contributed by atoms with Crippen molar-refractivity contribution in [2.45, 2.75) is 13.3 Å². The van der Waals surface area contributed by atoms with Crippen molar-refractivity contribution in [3.63, 3.8) is 0 Å². The van der Waals surface area contributed by atoms with Gasteiger partial charge in [0.2, 0.25) is 0 Å². The van der Waals surface area contributed by atoms with Gasteiger partial charge in [-0.3, -0.25) is 4.79 Å². The SMILES string of the molecule is Cc1ccc(N(C)CCC(=O)O)nc1. The molecule has 0 saturated carbocycles. The zero-order chi connectivity index (χ0) is 10.6. The minimum Gasteiger partial charge on any atom is -0.481 e.